The van der Waals surface area contributed by atoms with Gasteiger partial charge in [0.1, 0.15) is 11.6 Å². The first-order valence-electron chi connectivity index (χ1n) is 5.54. The third-order valence-electron chi connectivity index (χ3n) is 3.03. The van der Waals surface area contributed by atoms with E-state index in [4.69, 9.17) is 5.73 Å². The summed E-state index contributed by atoms with van der Waals surface area (Å²) in [4.78, 5) is 10.9. The number of carbonyl (C=O) groups is 1. The van der Waals surface area contributed by atoms with Gasteiger partial charge in [-0.3, -0.25) is 4.79 Å². The molecule has 1 amide bonds. The fraction of sp³-hybridized carbons (Fsp3) is 0.417. The first kappa shape index (κ1) is 11.8. The van der Waals surface area contributed by atoms with Gasteiger partial charge >= 0.3 is 0 Å². The first-order chi connectivity index (χ1) is 7.99. The van der Waals surface area contributed by atoms with Gasteiger partial charge in [0.2, 0.25) is 0 Å². The first-order valence-corrected chi connectivity index (χ1v) is 5.54. The zero-order valence-electron chi connectivity index (χ0n) is 9.47. The van der Waals surface area contributed by atoms with Crippen molar-refractivity contribution < 1.29 is 13.6 Å². The predicted octanol–water partition coefficient (Wildman–Crippen LogP) is 2.27. The van der Waals surface area contributed by atoms with Crippen LogP contribution in [0.15, 0.2) is 12.1 Å². The molecule has 1 saturated carbocycles. The Morgan fingerprint density at radius 2 is 2.06 bits per heavy atom. The van der Waals surface area contributed by atoms with Crippen LogP contribution in [0, 0.1) is 17.6 Å². The van der Waals surface area contributed by atoms with Crippen molar-refractivity contribution in [3.63, 3.8) is 0 Å². The predicted molar refractivity (Wildman–Crippen MR) is 60.7 cm³/mol. The summed E-state index contributed by atoms with van der Waals surface area (Å²) in [6.07, 6.45) is 2.22. The van der Waals surface area contributed by atoms with Crippen LogP contribution in [-0.4, -0.2) is 11.9 Å². The summed E-state index contributed by atoms with van der Waals surface area (Å²) < 4.78 is 26.7. The number of nitrogens with one attached hydrogen (secondary N) is 1. The van der Waals surface area contributed by atoms with E-state index >= 15 is 0 Å². The summed E-state index contributed by atoms with van der Waals surface area (Å²) in [6.45, 7) is 1.93. The smallest absolute Gasteiger partial charge is 0.251 e. The van der Waals surface area contributed by atoms with Gasteiger partial charge in [-0.1, -0.05) is 0 Å². The summed E-state index contributed by atoms with van der Waals surface area (Å²) in [5.74, 6) is -2.01. The summed E-state index contributed by atoms with van der Waals surface area (Å²) in [7, 11) is 0. The van der Waals surface area contributed by atoms with E-state index in [0.29, 0.717) is 12.0 Å². The van der Waals surface area contributed by atoms with Crippen molar-refractivity contribution in [2.45, 2.75) is 25.8 Å². The topological polar surface area (TPSA) is 55.1 Å². The van der Waals surface area contributed by atoms with E-state index in [1.165, 1.54) is 0 Å². The summed E-state index contributed by atoms with van der Waals surface area (Å²) in [6, 6.07) is 1.92. The second-order valence-electron chi connectivity index (χ2n) is 4.45. The molecule has 92 valence electrons. The molecule has 0 spiro atoms. The number of carbonyl (C=O) groups excluding carboxylic acids is 1. The van der Waals surface area contributed by atoms with Gasteiger partial charge in [0, 0.05) is 12.1 Å². The van der Waals surface area contributed by atoms with E-state index in [1.54, 1.807) is 0 Å². The number of nitrogens with two attached hydrogens (primary N) is 1. The van der Waals surface area contributed by atoms with Crippen molar-refractivity contribution in [3.8, 4) is 0 Å². The van der Waals surface area contributed by atoms with Gasteiger partial charge in [0.15, 0.2) is 0 Å². The van der Waals surface area contributed by atoms with E-state index in [2.05, 4.69) is 5.32 Å². The maximum Gasteiger partial charge on any atom is 0.251 e. The number of halogens is 2. The number of benzene rings is 1. The largest absolute Gasteiger partial charge is 0.380 e. The lowest BCUT2D eigenvalue weighted by Gasteiger charge is -2.15. The molecule has 1 aromatic carbocycles. The molecule has 3 N–H and O–H groups in total. The lowest BCUT2D eigenvalue weighted by atomic mass is 10.1. The van der Waals surface area contributed by atoms with E-state index in [9.17, 15) is 13.6 Å². The molecule has 3 nitrogen and oxygen atoms in total. The minimum atomic E-state index is -0.931. The van der Waals surface area contributed by atoms with E-state index < -0.39 is 17.5 Å². The van der Waals surface area contributed by atoms with Crippen molar-refractivity contribution in [2.75, 3.05) is 5.32 Å². The lowest BCUT2D eigenvalue weighted by Crippen LogP contribution is -2.20. The third kappa shape index (κ3) is 2.54. The van der Waals surface area contributed by atoms with Crippen molar-refractivity contribution >= 4 is 11.6 Å². The molecule has 0 aliphatic heterocycles. The molecule has 1 aliphatic carbocycles. The highest BCUT2D eigenvalue weighted by Gasteiger charge is 2.28. The average molecular weight is 240 g/mol. The average Bonchev–Trinajstić information content (AvgIpc) is 3.04. The van der Waals surface area contributed by atoms with Gasteiger partial charge in [-0.25, -0.2) is 8.78 Å². The van der Waals surface area contributed by atoms with Crippen LogP contribution in [-0.2, 0) is 0 Å². The Kier molecular flexibility index (Phi) is 3.00. The molecular weight excluding hydrogens is 226 g/mol. The SMILES string of the molecule is CC(Nc1cc(C(N)=O)c(F)cc1F)C1CC1. The number of hydrogen-bond donors (Lipinski definition) is 2. The van der Waals surface area contributed by atoms with Crippen LogP contribution in [0.1, 0.15) is 30.1 Å². The lowest BCUT2D eigenvalue weighted by molar-refractivity contribution is 0.0996. The summed E-state index contributed by atoms with van der Waals surface area (Å²) >= 11 is 0. The van der Waals surface area contributed by atoms with Crippen molar-refractivity contribution in [1.29, 1.82) is 0 Å². The van der Waals surface area contributed by atoms with Crippen LogP contribution in [0.3, 0.4) is 0 Å². The monoisotopic (exact) mass is 240 g/mol. The molecule has 0 radical (unpaired) electrons. The van der Waals surface area contributed by atoms with Crippen molar-refractivity contribution in [2.24, 2.45) is 11.7 Å². The number of anilines is 1. The van der Waals surface area contributed by atoms with Crippen LogP contribution in [0.4, 0.5) is 14.5 Å². The highest BCUT2D eigenvalue weighted by Crippen LogP contribution is 2.34. The van der Waals surface area contributed by atoms with Gasteiger partial charge in [-0.05, 0) is 31.7 Å². The number of primary amides is 1. The minimum Gasteiger partial charge on any atom is -0.380 e. The number of amides is 1. The Labute approximate surface area is 98.0 Å². The van der Waals surface area contributed by atoms with Crippen LogP contribution < -0.4 is 11.1 Å². The molecule has 1 aliphatic rings. The zero-order chi connectivity index (χ0) is 12.6. The van der Waals surface area contributed by atoms with Gasteiger partial charge in [0.25, 0.3) is 5.91 Å². The highest BCUT2D eigenvalue weighted by molar-refractivity contribution is 5.94. The van der Waals surface area contributed by atoms with Crippen LogP contribution in [0.5, 0.6) is 0 Å². The third-order valence-corrected chi connectivity index (χ3v) is 3.03. The molecule has 1 aromatic rings. The maximum absolute atomic E-state index is 13.5. The maximum atomic E-state index is 13.5. The second kappa shape index (κ2) is 4.31. The molecule has 0 aromatic heterocycles. The highest BCUT2D eigenvalue weighted by atomic mass is 19.1. The van der Waals surface area contributed by atoms with Gasteiger partial charge < -0.3 is 11.1 Å². The standard InChI is InChI=1S/C12H14F2N2O/c1-6(7-2-3-7)16-11-4-8(12(15)17)9(13)5-10(11)14/h4-7,16H,2-3H2,1H3,(H2,15,17). The van der Waals surface area contributed by atoms with Gasteiger partial charge in [0.05, 0.1) is 11.3 Å². The van der Waals surface area contributed by atoms with E-state index in [0.717, 1.165) is 18.9 Å². The van der Waals surface area contributed by atoms with Crippen molar-refractivity contribution in [1.82, 2.24) is 0 Å². The zero-order valence-corrected chi connectivity index (χ0v) is 9.47. The molecule has 1 unspecified atom stereocenters. The molecule has 17 heavy (non-hydrogen) atoms. The van der Waals surface area contributed by atoms with Crippen molar-refractivity contribution in [3.05, 3.63) is 29.3 Å². The minimum absolute atomic E-state index is 0.107. The molecule has 0 bridgehead atoms. The molecule has 5 heteroatoms. The Morgan fingerprint density at radius 1 is 1.41 bits per heavy atom. The van der Waals surface area contributed by atoms with Crippen LogP contribution in [0.25, 0.3) is 0 Å². The Morgan fingerprint density at radius 3 is 2.59 bits per heavy atom. The van der Waals surface area contributed by atoms with Crippen LogP contribution in [0.2, 0.25) is 0 Å². The number of rotatable bonds is 4. The fourth-order valence-electron chi connectivity index (χ4n) is 1.81. The van der Waals surface area contributed by atoms with Gasteiger partial charge in [-0.15, -0.1) is 0 Å². The Bertz CT molecular complexity index is 458. The second-order valence-corrected chi connectivity index (χ2v) is 4.45. The molecular formula is C12H14F2N2O. The number of hydrogen-bond acceptors (Lipinski definition) is 2. The Hall–Kier alpha value is -1.65. The van der Waals surface area contributed by atoms with E-state index in [-0.39, 0.29) is 17.3 Å². The molecule has 0 saturated heterocycles. The van der Waals surface area contributed by atoms with E-state index in [1.807, 2.05) is 6.92 Å². The summed E-state index contributed by atoms with van der Waals surface area (Å²) in [5.41, 5.74) is 4.84. The van der Waals surface area contributed by atoms with Gasteiger partial charge in [-0.2, -0.15) is 0 Å². The van der Waals surface area contributed by atoms with Crippen LogP contribution >= 0.6 is 0 Å². The quantitative estimate of drug-likeness (QED) is 0.848. The normalized spacial score (nSPS) is 16.6. The molecule has 1 fully saturated rings. The molecule has 0 heterocycles. The molecule has 1 atom stereocenters. The molecule has 2 rings (SSSR count). The Balaban J connectivity index is 2.25. The fourth-order valence-corrected chi connectivity index (χ4v) is 1.81. The summed E-state index contributed by atoms with van der Waals surface area (Å²) in [5, 5.41) is 2.95.